The summed E-state index contributed by atoms with van der Waals surface area (Å²) in [6.07, 6.45) is 0. The van der Waals surface area contributed by atoms with E-state index in [1.165, 1.54) is 18.7 Å². The van der Waals surface area contributed by atoms with Gasteiger partial charge in [0, 0.05) is 19.6 Å². The Bertz CT molecular complexity index is 365. The number of aliphatic carboxylic acids is 1. The van der Waals surface area contributed by atoms with Gasteiger partial charge < -0.3 is 20.2 Å². The number of likely N-dealkylation sites (N-methyl/N-ethyl adjacent to an activating group) is 2. The highest BCUT2D eigenvalue weighted by Crippen LogP contribution is 2.14. The van der Waals surface area contributed by atoms with Gasteiger partial charge in [0.15, 0.2) is 0 Å². The molecule has 0 aromatic carbocycles. The molecule has 0 saturated heterocycles. The molecule has 0 aromatic heterocycles. The monoisotopic (exact) mass is 287 g/mol. The third kappa shape index (κ3) is 4.40. The molecule has 0 unspecified atom stereocenters. The van der Waals surface area contributed by atoms with Gasteiger partial charge in [0.25, 0.3) is 0 Å². The maximum Gasteiger partial charge on any atom is 0.329 e. The first kappa shape index (κ1) is 18.2. The van der Waals surface area contributed by atoms with Crippen molar-refractivity contribution in [3.05, 3.63) is 0 Å². The van der Waals surface area contributed by atoms with E-state index in [0.29, 0.717) is 13.1 Å². The molecule has 0 aliphatic rings. The number of rotatable bonds is 7. The molecule has 0 aliphatic heterocycles. The zero-order valence-electron chi connectivity index (χ0n) is 12.9. The quantitative estimate of drug-likeness (QED) is 0.723. The molecule has 20 heavy (non-hydrogen) atoms. The number of carbonyl (C=O) groups excluding carboxylic acids is 2. The maximum absolute atomic E-state index is 12.0. The van der Waals surface area contributed by atoms with Gasteiger partial charge in [-0.05, 0) is 34.6 Å². The van der Waals surface area contributed by atoms with Crippen molar-refractivity contribution in [3.8, 4) is 0 Å². The highest BCUT2D eigenvalue weighted by Gasteiger charge is 2.37. The third-order valence-corrected chi connectivity index (χ3v) is 3.27. The molecule has 0 rings (SSSR count). The molecule has 0 heterocycles. The van der Waals surface area contributed by atoms with Gasteiger partial charge in [0.1, 0.15) is 5.54 Å². The zero-order chi connectivity index (χ0) is 15.9. The minimum atomic E-state index is -1.32. The minimum Gasteiger partial charge on any atom is -0.480 e. The third-order valence-electron chi connectivity index (χ3n) is 3.27. The molecule has 0 bridgehead atoms. The van der Waals surface area contributed by atoms with Crippen molar-refractivity contribution in [2.24, 2.45) is 0 Å². The van der Waals surface area contributed by atoms with Crippen LogP contribution in [0.1, 0.15) is 34.6 Å². The average Bonchev–Trinajstić information content (AvgIpc) is 2.38. The van der Waals surface area contributed by atoms with Gasteiger partial charge in [0.2, 0.25) is 5.91 Å². The second-order valence-electron chi connectivity index (χ2n) is 4.83. The number of nitrogens with zero attached hydrogens (tertiary/aromatic N) is 2. The Labute approximate surface area is 119 Å². The summed E-state index contributed by atoms with van der Waals surface area (Å²) in [4.78, 5) is 37.7. The maximum atomic E-state index is 12.0. The highest BCUT2D eigenvalue weighted by atomic mass is 16.4. The van der Waals surface area contributed by atoms with E-state index in [1.807, 2.05) is 13.8 Å². The van der Waals surface area contributed by atoms with Crippen molar-refractivity contribution in [1.82, 2.24) is 15.1 Å². The lowest BCUT2D eigenvalue weighted by Gasteiger charge is -2.34. The molecular weight excluding hydrogens is 262 g/mol. The number of carbonyl (C=O) groups is 3. The van der Waals surface area contributed by atoms with E-state index in [0.717, 1.165) is 0 Å². The first-order chi connectivity index (χ1) is 9.22. The van der Waals surface area contributed by atoms with Gasteiger partial charge >= 0.3 is 12.0 Å². The lowest BCUT2D eigenvalue weighted by molar-refractivity contribution is -0.147. The molecule has 0 atom stereocenters. The predicted molar refractivity (Wildman–Crippen MR) is 75.4 cm³/mol. The lowest BCUT2D eigenvalue weighted by atomic mass is 10.0. The van der Waals surface area contributed by atoms with Crippen LogP contribution in [0.3, 0.4) is 0 Å². The van der Waals surface area contributed by atoms with Crippen LogP contribution in [0.5, 0.6) is 0 Å². The summed E-state index contributed by atoms with van der Waals surface area (Å²) in [6.45, 7) is 9.56. The van der Waals surface area contributed by atoms with E-state index in [9.17, 15) is 14.4 Å². The normalized spacial score (nSPS) is 10.8. The molecule has 0 aliphatic carbocycles. The number of nitrogens with one attached hydrogen (secondary N) is 1. The SMILES string of the molecule is CCN(CC)C(=O)CNC(=O)N(CC)C(C)(C)C(=O)O. The molecule has 7 heteroatoms. The van der Waals surface area contributed by atoms with Crippen molar-refractivity contribution in [2.45, 2.75) is 40.2 Å². The largest absolute Gasteiger partial charge is 0.480 e. The Morgan fingerprint density at radius 3 is 1.90 bits per heavy atom. The number of carboxylic acids is 1. The fourth-order valence-corrected chi connectivity index (χ4v) is 1.84. The molecule has 2 N–H and O–H groups in total. The number of amides is 3. The molecule has 0 aromatic rings. The number of urea groups is 1. The van der Waals surface area contributed by atoms with Crippen LogP contribution in [-0.4, -0.2) is 64.5 Å². The Morgan fingerprint density at radius 1 is 1.05 bits per heavy atom. The topological polar surface area (TPSA) is 90.0 Å². The van der Waals surface area contributed by atoms with Crippen molar-refractivity contribution >= 4 is 17.9 Å². The van der Waals surface area contributed by atoms with Gasteiger partial charge in [-0.25, -0.2) is 9.59 Å². The first-order valence-corrected chi connectivity index (χ1v) is 6.78. The smallest absolute Gasteiger partial charge is 0.329 e. The zero-order valence-corrected chi connectivity index (χ0v) is 12.9. The summed E-state index contributed by atoms with van der Waals surface area (Å²) in [5.41, 5.74) is -1.32. The molecule has 3 amide bonds. The Balaban J connectivity index is 4.67. The molecule has 0 fully saturated rings. The summed E-state index contributed by atoms with van der Waals surface area (Å²) in [5, 5.41) is 11.6. The van der Waals surface area contributed by atoms with Crippen LogP contribution in [0.25, 0.3) is 0 Å². The van der Waals surface area contributed by atoms with Crippen molar-refractivity contribution in [1.29, 1.82) is 0 Å². The molecule has 116 valence electrons. The van der Waals surface area contributed by atoms with E-state index in [4.69, 9.17) is 5.11 Å². The van der Waals surface area contributed by atoms with E-state index in [2.05, 4.69) is 5.32 Å². The summed E-state index contributed by atoms with van der Waals surface area (Å²) < 4.78 is 0. The van der Waals surface area contributed by atoms with E-state index >= 15 is 0 Å². The van der Waals surface area contributed by atoms with Crippen molar-refractivity contribution in [3.63, 3.8) is 0 Å². The first-order valence-electron chi connectivity index (χ1n) is 6.78. The van der Waals surface area contributed by atoms with Crippen LogP contribution < -0.4 is 5.32 Å². The van der Waals surface area contributed by atoms with Crippen LogP contribution in [0.15, 0.2) is 0 Å². The Kier molecular flexibility index (Phi) is 7.02. The Hall–Kier alpha value is -1.79. The molecule has 7 nitrogen and oxygen atoms in total. The number of hydrogen-bond acceptors (Lipinski definition) is 3. The van der Waals surface area contributed by atoms with Gasteiger partial charge in [0.05, 0.1) is 6.54 Å². The van der Waals surface area contributed by atoms with E-state index in [-0.39, 0.29) is 19.0 Å². The van der Waals surface area contributed by atoms with Gasteiger partial charge in [-0.1, -0.05) is 0 Å². The summed E-state index contributed by atoms with van der Waals surface area (Å²) in [7, 11) is 0. The molecule has 0 radical (unpaired) electrons. The second-order valence-corrected chi connectivity index (χ2v) is 4.83. The summed E-state index contributed by atoms with van der Waals surface area (Å²) in [5.74, 6) is -1.28. The van der Waals surface area contributed by atoms with Crippen molar-refractivity contribution < 1.29 is 19.5 Å². The number of carboxylic acid groups (broad SMARTS) is 1. The average molecular weight is 287 g/mol. The summed E-state index contributed by atoms with van der Waals surface area (Å²) in [6, 6.07) is -0.555. The predicted octanol–water partition coefficient (Wildman–Crippen LogP) is 0.750. The fourth-order valence-electron chi connectivity index (χ4n) is 1.84. The molecule has 0 saturated carbocycles. The van der Waals surface area contributed by atoms with Crippen LogP contribution in [0.4, 0.5) is 4.79 Å². The Morgan fingerprint density at radius 2 is 1.55 bits per heavy atom. The minimum absolute atomic E-state index is 0.132. The van der Waals surface area contributed by atoms with Gasteiger partial charge in [-0.2, -0.15) is 0 Å². The lowest BCUT2D eigenvalue weighted by Crippen LogP contribution is -2.57. The highest BCUT2D eigenvalue weighted by molar-refractivity contribution is 5.88. The van der Waals surface area contributed by atoms with E-state index in [1.54, 1.807) is 11.8 Å². The van der Waals surface area contributed by atoms with Crippen LogP contribution in [0, 0.1) is 0 Å². The molecule has 0 spiro atoms. The summed E-state index contributed by atoms with van der Waals surface area (Å²) >= 11 is 0. The molecular formula is C13H25N3O4. The van der Waals surface area contributed by atoms with Crippen LogP contribution in [0.2, 0.25) is 0 Å². The van der Waals surface area contributed by atoms with Crippen molar-refractivity contribution in [2.75, 3.05) is 26.2 Å². The standard InChI is InChI=1S/C13H25N3O4/c1-6-15(7-2)10(17)9-14-12(20)16(8-3)13(4,5)11(18)19/h6-9H2,1-5H3,(H,14,20)(H,18,19). The fraction of sp³-hybridized carbons (Fsp3) is 0.769. The second kappa shape index (κ2) is 7.72. The van der Waals surface area contributed by atoms with Gasteiger partial charge in [-0.15, -0.1) is 0 Å². The van der Waals surface area contributed by atoms with Crippen LogP contribution in [-0.2, 0) is 9.59 Å². The number of hydrogen-bond donors (Lipinski definition) is 2. The van der Waals surface area contributed by atoms with Crippen LogP contribution >= 0.6 is 0 Å². The van der Waals surface area contributed by atoms with E-state index < -0.39 is 17.5 Å². The van der Waals surface area contributed by atoms with Gasteiger partial charge in [-0.3, -0.25) is 4.79 Å².